The summed E-state index contributed by atoms with van der Waals surface area (Å²) >= 11 is 0. The molecule has 0 fully saturated rings. The Morgan fingerprint density at radius 1 is 0.824 bits per heavy atom. The van der Waals surface area contributed by atoms with Crippen LogP contribution in [0.25, 0.3) is 0 Å². The molecule has 0 bridgehead atoms. The Bertz CT molecular complexity index is 438. The minimum absolute atomic E-state index is 0. The van der Waals surface area contributed by atoms with Crippen LogP contribution < -0.4 is 26.1 Å². The van der Waals surface area contributed by atoms with Crippen molar-refractivity contribution in [2.24, 2.45) is 0 Å². The summed E-state index contributed by atoms with van der Waals surface area (Å²) in [7, 11) is 0. The molecule has 0 radical (unpaired) electrons. The van der Waals surface area contributed by atoms with Crippen molar-refractivity contribution in [2.75, 3.05) is 0 Å². The van der Waals surface area contributed by atoms with Crippen LogP contribution in [0.5, 0.6) is 0 Å². The Balaban J connectivity index is 0.00000144. The summed E-state index contributed by atoms with van der Waals surface area (Å²) in [6.07, 6.45) is 8.58. The van der Waals surface area contributed by atoms with Gasteiger partial charge in [-0.3, -0.25) is 0 Å². The van der Waals surface area contributed by atoms with E-state index in [9.17, 15) is 0 Å². The highest BCUT2D eigenvalue weighted by Crippen LogP contribution is 1.90. The third-order valence-corrected chi connectivity index (χ3v) is 2.63. The van der Waals surface area contributed by atoms with Crippen LogP contribution in [-0.4, -0.2) is 0 Å². The van der Waals surface area contributed by atoms with Gasteiger partial charge in [-0.2, -0.15) is 9.13 Å². The number of nitrogens with zero attached hydrogens (tertiary/aromatic N) is 2. The Kier molecular flexibility index (Phi) is 5.29. The fourth-order valence-electron chi connectivity index (χ4n) is 1.82. The first kappa shape index (κ1) is 13.8. The van der Waals surface area contributed by atoms with E-state index in [1.165, 1.54) is 11.1 Å². The third-order valence-electron chi connectivity index (χ3n) is 2.63. The van der Waals surface area contributed by atoms with Crippen LogP contribution in [0.15, 0.2) is 49.1 Å². The SMILES string of the molecule is Cc1ccc[n+](CC[n+]2cccc(C)c2)c1.[Br-]. The van der Waals surface area contributed by atoms with Crippen molar-refractivity contribution < 1.29 is 26.1 Å². The van der Waals surface area contributed by atoms with Crippen LogP contribution in [-0.2, 0) is 13.1 Å². The first-order chi connectivity index (χ1) is 7.74. The number of aryl methyl sites for hydroxylation is 4. The second kappa shape index (κ2) is 6.50. The molecule has 90 valence electrons. The van der Waals surface area contributed by atoms with Crippen LogP contribution in [0.2, 0.25) is 0 Å². The zero-order valence-electron chi connectivity index (χ0n) is 10.3. The van der Waals surface area contributed by atoms with Gasteiger partial charge >= 0.3 is 0 Å². The Morgan fingerprint density at radius 3 is 1.59 bits per heavy atom. The van der Waals surface area contributed by atoms with Crippen molar-refractivity contribution in [1.29, 1.82) is 0 Å². The molecular weight excluding hydrogens is 276 g/mol. The number of hydrogen-bond donors (Lipinski definition) is 0. The number of hydrogen-bond acceptors (Lipinski definition) is 0. The number of aromatic nitrogens is 2. The molecule has 0 amide bonds. The average Bonchev–Trinajstić information content (AvgIpc) is 2.27. The van der Waals surface area contributed by atoms with E-state index in [0.29, 0.717) is 0 Å². The number of rotatable bonds is 3. The van der Waals surface area contributed by atoms with Gasteiger partial charge in [0, 0.05) is 23.3 Å². The number of pyridine rings is 2. The van der Waals surface area contributed by atoms with E-state index < -0.39 is 0 Å². The predicted octanol–water partition coefficient (Wildman–Crippen LogP) is -1.42. The monoisotopic (exact) mass is 293 g/mol. The van der Waals surface area contributed by atoms with E-state index in [1.807, 2.05) is 0 Å². The summed E-state index contributed by atoms with van der Waals surface area (Å²) in [5.74, 6) is 0. The van der Waals surface area contributed by atoms with Crippen LogP contribution >= 0.6 is 0 Å². The van der Waals surface area contributed by atoms with Gasteiger partial charge in [0.15, 0.2) is 24.8 Å². The molecule has 2 nitrogen and oxygen atoms in total. The van der Waals surface area contributed by atoms with Gasteiger partial charge in [-0.15, -0.1) is 0 Å². The maximum absolute atomic E-state index is 2.23. The summed E-state index contributed by atoms with van der Waals surface area (Å²) in [5, 5.41) is 0. The summed E-state index contributed by atoms with van der Waals surface area (Å²) in [6.45, 7) is 6.26. The Morgan fingerprint density at radius 2 is 1.24 bits per heavy atom. The van der Waals surface area contributed by atoms with Gasteiger partial charge in [-0.05, 0) is 26.0 Å². The summed E-state index contributed by atoms with van der Waals surface area (Å²) in [6, 6.07) is 8.43. The fourth-order valence-corrected chi connectivity index (χ4v) is 1.82. The van der Waals surface area contributed by atoms with Crippen molar-refractivity contribution in [1.82, 2.24) is 0 Å². The molecule has 17 heavy (non-hydrogen) atoms. The van der Waals surface area contributed by atoms with Gasteiger partial charge in [-0.1, -0.05) is 0 Å². The second-order valence-electron chi connectivity index (χ2n) is 4.24. The zero-order chi connectivity index (χ0) is 11.4. The van der Waals surface area contributed by atoms with E-state index in [1.54, 1.807) is 0 Å². The molecule has 2 aromatic rings. The minimum atomic E-state index is 0. The molecule has 0 aliphatic carbocycles. The van der Waals surface area contributed by atoms with Gasteiger partial charge in [0.25, 0.3) is 0 Å². The highest BCUT2D eigenvalue weighted by Gasteiger charge is 2.05. The summed E-state index contributed by atoms with van der Waals surface area (Å²) in [5.41, 5.74) is 2.61. The van der Waals surface area contributed by atoms with E-state index in [2.05, 4.69) is 72.0 Å². The van der Waals surface area contributed by atoms with Gasteiger partial charge < -0.3 is 17.0 Å². The van der Waals surface area contributed by atoms with Crippen molar-refractivity contribution in [3.63, 3.8) is 0 Å². The molecule has 0 aromatic carbocycles. The summed E-state index contributed by atoms with van der Waals surface area (Å²) in [4.78, 5) is 0. The molecule has 0 saturated heterocycles. The lowest BCUT2D eigenvalue weighted by molar-refractivity contribution is -0.778. The standard InChI is InChI=1S/C14H18N2.BrH/c1-13-5-3-7-15(11-13)9-10-16-8-4-6-14(2)12-16;/h3-8,11-12H,9-10H2,1-2H3;1H/q+2;/p-1. The predicted molar refractivity (Wildman–Crippen MR) is 62.7 cm³/mol. The molecular formula is C14H18BrN2+. The van der Waals surface area contributed by atoms with Crippen LogP contribution in [0.1, 0.15) is 11.1 Å². The number of halogens is 1. The Labute approximate surface area is 113 Å². The highest BCUT2D eigenvalue weighted by molar-refractivity contribution is 5.01. The highest BCUT2D eigenvalue weighted by atomic mass is 79.9. The second-order valence-corrected chi connectivity index (χ2v) is 4.24. The van der Waals surface area contributed by atoms with Gasteiger partial charge in [0.05, 0.1) is 0 Å². The van der Waals surface area contributed by atoms with E-state index in [-0.39, 0.29) is 17.0 Å². The molecule has 2 aromatic heterocycles. The van der Waals surface area contributed by atoms with Gasteiger partial charge in [0.2, 0.25) is 13.1 Å². The van der Waals surface area contributed by atoms with Crippen LogP contribution in [0, 0.1) is 13.8 Å². The van der Waals surface area contributed by atoms with Crippen molar-refractivity contribution in [3.05, 3.63) is 60.2 Å². The molecule has 3 heteroatoms. The molecule has 0 aliphatic rings. The lowest BCUT2D eigenvalue weighted by atomic mass is 10.3. The minimum Gasteiger partial charge on any atom is -1.00 e. The molecule has 0 aliphatic heterocycles. The first-order valence-corrected chi connectivity index (χ1v) is 5.65. The Hall–Kier alpha value is -1.22. The zero-order valence-corrected chi connectivity index (χ0v) is 11.9. The normalized spacial score (nSPS) is 9.76. The lowest BCUT2D eigenvalue weighted by Crippen LogP contribution is -3.00. The molecule has 0 N–H and O–H groups in total. The first-order valence-electron chi connectivity index (χ1n) is 5.65. The maximum atomic E-state index is 2.23. The fraction of sp³-hybridized carbons (Fsp3) is 0.286. The van der Waals surface area contributed by atoms with E-state index >= 15 is 0 Å². The lowest BCUT2D eigenvalue weighted by Gasteiger charge is -1.97. The average molecular weight is 294 g/mol. The maximum Gasteiger partial charge on any atom is 0.206 e. The molecule has 2 heterocycles. The molecule has 0 atom stereocenters. The third kappa shape index (κ3) is 4.27. The largest absolute Gasteiger partial charge is 1.00 e. The molecule has 0 unspecified atom stereocenters. The molecule has 0 saturated carbocycles. The quantitative estimate of drug-likeness (QED) is 0.614. The van der Waals surface area contributed by atoms with Gasteiger partial charge in [-0.25, -0.2) is 0 Å². The molecule has 2 rings (SSSR count). The van der Waals surface area contributed by atoms with E-state index in [4.69, 9.17) is 0 Å². The van der Waals surface area contributed by atoms with Gasteiger partial charge in [0.1, 0.15) is 0 Å². The summed E-state index contributed by atoms with van der Waals surface area (Å²) < 4.78 is 4.45. The smallest absolute Gasteiger partial charge is 0.206 e. The van der Waals surface area contributed by atoms with Crippen molar-refractivity contribution >= 4 is 0 Å². The van der Waals surface area contributed by atoms with Crippen molar-refractivity contribution in [3.8, 4) is 0 Å². The van der Waals surface area contributed by atoms with E-state index in [0.717, 1.165) is 13.1 Å². The van der Waals surface area contributed by atoms with Crippen LogP contribution in [0.3, 0.4) is 0 Å². The molecule has 0 spiro atoms. The van der Waals surface area contributed by atoms with Crippen molar-refractivity contribution in [2.45, 2.75) is 26.9 Å². The van der Waals surface area contributed by atoms with Crippen LogP contribution in [0.4, 0.5) is 0 Å². The topological polar surface area (TPSA) is 7.76 Å².